The smallest absolute Gasteiger partial charge is 0.231 e. The third-order valence-corrected chi connectivity index (χ3v) is 4.71. The SMILES string of the molecule is Cc1ccc(C)c(COc2ccc3c(c2)OC(=Cc2ccc(F)cc2)C3=O)c1. The van der Waals surface area contributed by atoms with Crippen molar-refractivity contribution in [3.8, 4) is 11.5 Å². The van der Waals surface area contributed by atoms with Crippen LogP contribution in [0.25, 0.3) is 6.08 Å². The Bertz CT molecular complexity index is 1080. The fraction of sp³-hybridized carbons (Fsp3) is 0.125. The topological polar surface area (TPSA) is 35.5 Å². The third-order valence-electron chi connectivity index (χ3n) is 4.71. The van der Waals surface area contributed by atoms with Gasteiger partial charge in [0, 0.05) is 6.07 Å². The van der Waals surface area contributed by atoms with E-state index in [1.54, 1.807) is 36.4 Å². The van der Waals surface area contributed by atoms with Gasteiger partial charge in [-0.2, -0.15) is 0 Å². The summed E-state index contributed by atoms with van der Waals surface area (Å²) in [6, 6.07) is 17.3. The number of allylic oxidation sites excluding steroid dienone is 1. The number of fused-ring (bicyclic) bond motifs is 1. The van der Waals surface area contributed by atoms with Crippen LogP contribution in [0.5, 0.6) is 11.5 Å². The fourth-order valence-electron chi connectivity index (χ4n) is 3.08. The van der Waals surface area contributed by atoms with Crippen molar-refractivity contribution in [1.29, 1.82) is 0 Å². The summed E-state index contributed by atoms with van der Waals surface area (Å²) in [7, 11) is 0. The maximum absolute atomic E-state index is 13.0. The van der Waals surface area contributed by atoms with Crippen molar-refractivity contribution in [2.75, 3.05) is 0 Å². The molecule has 0 atom stereocenters. The van der Waals surface area contributed by atoms with Crippen LogP contribution in [0.2, 0.25) is 0 Å². The molecule has 0 amide bonds. The summed E-state index contributed by atoms with van der Waals surface area (Å²) in [5.74, 6) is 0.802. The molecule has 0 saturated carbocycles. The lowest BCUT2D eigenvalue weighted by Crippen LogP contribution is -1.99. The first-order chi connectivity index (χ1) is 13.5. The Morgan fingerprint density at radius 1 is 1.00 bits per heavy atom. The number of Topliss-reactive ketones (excluding diaryl/α,β-unsaturated/α-hetero) is 1. The quantitative estimate of drug-likeness (QED) is 0.555. The molecule has 4 rings (SSSR count). The van der Waals surface area contributed by atoms with Crippen molar-refractivity contribution in [2.24, 2.45) is 0 Å². The number of rotatable bonds is 4. The molecule has 140 valence electrons. The molecule has 0 aromatic heterocycles. The van der Waals surface area contributed by atoms with E-state index < -0.39 is 0 Å². The Balaban J connectivity index is 1.52. The van der Waals surface area contributed by atoms with E-state index >= 15 is 0 Å². The summed E-state index contributed by atoms with van der Waals surface area (Å²) in [6.07, 6.45) is 1.61. The Kier molecular flexibility index (Phi) is 4.70. The molecule has 0 N–H and O–H groups in total. The zero-order valence-corrected chi connectivity index (χ0v) is 15.7. The van der Waals surface area contributed by atoms with Crippen molar-refractivity contribution >= 4 is 11.9 Å². The molecule has 0 radical (unpaired) electrons. The number of hydrogen-bond acceptors (Lipinski definition) is 3. The minimum absolute atomic E-state index is 0.194. The minimum Gasteiger partial charge on any atom is -0.489 e. The minimum atomic E-state index is -0.324. The van der Waals surface area contributed by atoms with Gasteiger partial charge >= 0.3 is 0 Å². The van der Waals surface area contributed by atoms with Crippen LogP contribution in [0, 0.1) is 19.7 Å². The lowest BCUT2D eigenvalue weighted by atomic mass is 10.1. The van der Waals surface area contributed by atoms with E-state index in [9.17, 15) is 9.18 Å². The molecule has 0 spiro atoms. The molecule has 0 bridgehead atoms. The Labute approximate surface area is 163 Å². The zero-order valence-electron chi connectivity index (χ0n) is 15.7. The van der Waals surface area contributed by atoms with E-state index in [2.05, 4.69) is 25.1 Å². The van der Waals surface area contributed by atoms with Gasteiger partial charge < -0.3 is 9.47 Å². The average Bonchev–Trinajstić information content (AvgIpc) is 2.99. The van der Waals surface area contributed by atoms with E-state index in [1.165, 1.54) is 23.3 Å². The molecule has 1 heterocycles. The lowest BCUT2D eigenvalue weighted by Gasteiger charge is -2.10. The van der Waals surface area contributed by atoms with Crippen LogP contribution in [-0.2, 0) is 6.61 Å². The molecule has 3 aromatic rings. The highest BCUT2D eigenvalue weighted by Crippen LogP contribution is 2.35. The molecule has 3 aromatic carbocycles. The van der Waals surface area contributed by atoms with Crippen molar-refractivity contribution in [3.63, 3.8) is 0 Å². The molecule has 1 aliphatic heterocycles. The monoisotopic (exact) mass is 374 g/mol. The number of halogens is 1. The predicted octanol–water partition coefficient (Wildman–Crippen LogP) is 5.64. The molecule has 0 saturated heterocycles. The molecule has 0 fully saturated rings. The summed E-state index contributed by atoms with van der Waals surface area (Å²) in [4.78, 5) is 12.5. The Morgan fingerprint density at radius 3 is 2.57 bits per heavy atom. The molecule has 0 unspecified atom stereocenters. The number of benzene rings is 3. The first-order valence-corrected chi connectivity index (χ1v) is 9.02. The van der Waals surface area contributed by atoms with Gasteiger partial charge in [0.05, 0.1) is 5.56 Å². The van der Waals surface area contributed by atoms with Gasteiger partial charge in [-0.25, -0.2) is 4.39 Å². The van der Waals surface area contributed by atoms with Crippen LogP contribution in [0.15, 0.2) is 66.4 Å². The highest BCUT2D eigenvalue weighted by atomic mass is 19.1. The summed E-state index contributed by atoms with van der Waals surface area (Å²) in [5, 5.41) is 0. The number of carbonyl (C=O) groups excluding carboxylic acids is 1. The number of ether oxygens (including phenoxy) is 2. The van der Waals surface area contributed by atoms with Crippen LogP contribution in [0.1, 0.15) is 32.6 Å². The van der Waals surface area contributed by atoms with Gasteiger partial charge in [0.2, 0.25) is 5.78 Å². The van der Waals surface area contributed by atoms with E-state index in [0.717, 1.165) is 5.56 Å². The molecular weight excluding hydrogens is 355 g/mol. The average molecular weight is 374 g/mol. The van der Waals surface area contributed by atoms with Gasteiger partial charge in [-0.3, -0.25) is 4.79 Å². The first-order valence-electron chi connectivity index (χ1n) is 9.02. The Morgan fingerprint density at radius 2 is 1.79 bits per heavy atom. The zero-order chi connectivity index (χ0) is 19.7. The second-order valence-corrected chi connectivity index (χ2v) is 6.87. The largest absolute Gasteiger partial charge is 0.489 e. The predicted molar refractivity (Wildman–Crippen MR) is 106 cm³/mol. The number of aryl methyl sites for hydroxylation is 2. The van der Waals surface area contributed by atoms with Crippen LogP contribution in [-0.4, -0.2) is 5.78 Å². The molecule has 28 heavy (non-hydrogen) atoms. The van der Waals surface area contributed by atoms with Gasteiger partial charge in [0.25, 0.3) is 0 Å². The van der Waals surface area contributed by atoms with Gasteiger partial charge in [0.1, 0.15) is 23.9 Å². The maximum atomic E-state index is 13.0. The maximum Gasteiger partial charge on any atom is 0.231 e. The van der Waals surface area contributed by atoms with Crippen molar-refractivity contribution < 1.29 is 18.7 Å². The van der Waals surface area contributed by atoms with Gasteiger partial charge in [-0.1, -0.05) is 35.9 Å². The molecular formula is C24H19FO3. The van der Waals surface area contributed by atoms with E-state index in [0.29, 0.717) is 29.2 Å². The summed E-state index contributed by atoms with van der Waals surface area (Å²) < 4.78 is 24.7. The van der Waals surface area contributed by atoms with E-state index in [1.807, 2.05) is 6.92 Å². The molecule has 1 aliphatic rings. The first kappa shape index (κ1) is 18.0. The van der Waals surface area contributed by atoms with Crippen LogP contribution in [0.3, 0.4) is 0 Å². The van der Waals surface area contributed by atoms with Crippen molar-refractivity contribution in [2.45, 2.75) is 20.5 Å². The highest BCUT2D eigenvalue weighted by molar-refractivity contribution is 6.14. The summed E-state index contributed by atoms with van der Waals surface area (Å²) >= 11 is 0. The van der Waals surface area contributed by atoms with Crippen LogP contribution in [0.4, 0.5) is 4.39 Å². The summed E-state index contributed by atoms with van der Waals surface area (Å²) in [5.41, 5.74) is 4.66. The van der Waals surface area contributed by atoms with E-state index in [4.69, 9.17) is 9.47 Å². The molecule has 0 aliphatic carbocycles. The third kappa shape index (κ3) is 3.67. The normalized spacial score (nSPS) is 14.1. The van der Waals surface area contributed by atoms with E-state index in [-0.39, 0.29) is 17.4 Å². The fourth-order valence-corrected chi connectivity index (χ4v) is 3.08. The number of hydrogen-bond donors (Lipinski definition) is 0. The standard InChI is InChI=1S/C24H19FO3/c1-15-3-4-16(2)18(11-15)14-27-20-9-10-21-22(13-20)28-23(24(21)26)12-17-5-7-19(25)8-6-17/h3-13H,14H2,1-2H3. The highest BCUT2D eigenvalue weighted by Gasteiger charge is 2.27. The van der Waals surface area contributed by atoms with Gasteiger partial charge in [0.15, 0.2) is 5.76 Å². The summed E-state index contributed by atoms with van der Waals surface area (Å²) in [6.45, 7) is 4.54. The number of ketones is 1. The van der Waals surface area contributed by atoms with Crippen molar-refractivity contribution in [1.82, 2.24) is 0 Å². The Hall–Kier alpha value is -3.40. The van der Waals surface area contributed by atoms with Gasteiger partial charge in [-0.15, -0.1) is 0 Å². The second-order valence-electron chi connectivity index (χ2n) is 6.87. The molecule has 4 heteroatoms. The second kappa shape index (κ2) is 7.31. The van der Waals surface area contributed by atoms with Crippen LogP contribution >= 0.6 is 0 Å². The lowest BCUT2D eigenvalue weighted by molar-refractivity contribution is 0.101. The number of carbonyl (C=O) groups is 1. The van der Waals surface area contributed by atoms with Gasteiger partial charge in [-0.05, 0) is 60.9 Å². The van der Waals surface area contributed by atoms with Crippen molar-refractivity contribution in [3.05, 3.63) is 100 Å². The molecule has 3 nitrogen and oxygen atoms in total. The van der Waals surface area contributed by atoms with Crippen LogP contribution < -0.4 is 9.47 Å².